The van der Waals surface area contributed by atoms with Crippen LogP contribution in [-0.4, -0.2) is 32.8 Å². The van der Waals surface area contributed by atoms with Gasteiger partial charge in [-0.1, -0.05) is 30.0 Å². The van der Waals surface area contributed by atoms with Gasteiger partial charge in [0.1, 0.15) is 0 Å². The van der Waals surface area contributed by atoms with Gasteiger partial charge in [-0.25, -0.2) is 4.98 Å². The number of rotatable bonds is 7. The molecule has 0 bridgehead atoms. The van der Waals surface area contributed by atoms with E-state index in [2.05, 4.69) is 4.98 Å². The summed E-state index contributed by atoms with van der Waals surface area (Å²) in [5.41, 5.74) is 4.39. The molecule has 3 rings (SSSR count). The van der Waals surface area contributed by atoms with E-state index in [-0.39, 0.29) is 23.7 Å². The third-order valence-corrected chi connectivity index (χ3v) is 5.82. The smallest absolute Gasteiger partial charge is 0.262 e. The molecule has 0 amide bonds. The van der Waals surface area contributed by atoms with Gasteiger partial charge in [0.25, 0.3) is 5.56 Å². The summed E-state index contributed by atoms with van der Waals surface area (Å²) in [7, 11) is 0. The normalized spacial score (nSPS) is 11.1. The Morgan fingerprint density at radius 1 is 1.11 bits per heavy atom. The molecule has 0 saturated carbocycles. The first-order chi connectivity index (χ1) is 13.4. The summed E-state index contributed by atoms with van der Waals surface area (Å²) >= 11 is 1.27. The van der Waals surface area contributed by atoms with Crippen LogP contribution in [0.2, 0.25) is 0 Å². The Morgan fingerprint density at radius 3 is 2.57 bits per heavy atom. The SMILES string of the molecule is Cc1cc(C)c(C(=O)CSc2nc3ccccc3c(=O)n2CCCO)cc1C. The number of fused-ring (bicyclic) bond motifs is 1. The number of aliphatic hydroxyl groups excluding tert-OH is 1. The maximum Gasteiger partial charge on any atom is 0.262 e. The Bertz CT molecular complexity index is 1090. The van der Waals surface area contributed by atoms with Crippen LogP contribution in [0, 0.1) is 20.8 Å². The van der Waals surface area contributed by atoms with Crippen LogP contribution >= 0.6 is 11.8 Å². The van der Waals surface area contributed by atoms with Gasteiger partial charge in [0.2, 0.25) is 0 Å². The highest BCUT2D eigenvalue weighted by Crippen LogP contribution is 2.22. The number of Topliss-reactive ketones (excluding diaryl/α,β-unsaturated/α-hetero) is 1. The molecule has 6 heteroatoms. The van der Waals surface area contributed by atoms with Crippen molar-refractivity contribution in [3.05, 3.63) is 69.0 Å². The number of carbonyl (C=O) groups excluding carboxylic acids is 1. The van der Waals surface area contributed by atoms with Gasteiger partial charge in [0, 0.05) is 18.7 Å². The highest BCUT2D eigenvalue weighted by molar-refractivity contribution is 7.99. The van der Waals surface area contributed by atoms with Crippen molar-refractivity contribution in [1.29, 1.82) is 0 Å². The van der Waals surface area contributed by atoms with Crippen molar-refractivity contribution in [2.75, 3.05) is 12.4 Å². The summed E-state index contributed by atoms with van der Waals surface area (Å²) in [6, 6.07) is 11.1. The van der Waals surface area contributed by atoms with Crippen molar-refractivity contribution in [2.45, 2.75) is 38.9 Å². The molecule has 0 radical (unpaired) electrons. The van der Waals surface area contributed by atoms with Crippen LogP contribution in [0.5, 0.6) is 0 Å². The fourth-order valence-corrected chi connectivity index (χ4v) is 4.06. The number of nitrogens with zero attached hydrogens (tertiary/aromatic N) is 2. The number of carbonyl (C=O) groups is 1. The summed E-state index contributed by atoms with van der Waals surface area (Å²) < 4.78 is 1.56. The number of hydrogen-bond acceptors (Lipinski definition) is 5. The van der Waals surface area contributed by atoms with Crippen LogP contribution in [0.15, 0.2) is 46.3 Å². The van der Waals surface area contributed by atoms with Gasteiger partial charge in [-0.3, -0.25) is 14.2 Å². The minimum absolute atomic E-state index is 0.00978. The molecule has 1 N–H and O–H groups in total. The monoisotopic (exact) mass is 396 g/mol. The summed E-state index contributed by atoms with van der Waals surface area (Å²) in [5.74, 6) is 0.217. The first-order valence-electron chi connectivity index (χ1n) is 9.26. The van der Waals surface area contributed by atoms with Crippen molar-refractivity contribution in [3.63, 3.8) is 0 Å². The van der Waals surface area contributed by atoms with Gasteiger partial charge in [0.05, 0.1) is 16.7 Å². The molecule has 5 nitrogen and oxygen atoms in total. The molecule has 0 spiro atoms. The van der Waals surface area contributed by atoms with E-state index in [1.54, 1.807) is 22.8 Å². The molecule has 0 fully saturated rings. The Morgan fingerprint density at radius 2 is 1.82 bits per heavy atom. The summed E-state index contributed by atoms with van der Waals surface area (Å²) in [6.07, 6.45) is 0.456. The molecule has 0 unspecified atom stereocenters. The Kier molecular flexibility index (Phi) is 6.31. The van der Waals surface area contributed by atoms with Crippen LogP contribution in [-0.2, 0) is 6.54 Å². The number of ketones is 1. The summed E-state index contributed by atoms with van der Waals surface area (Å²) in [4.78, 5) is 30.3. The lowest BCUT2D eigenvalue weighted by Gasteiger charge is -2.13. The summed E-state index contributed by atoms with van der Waals surface area (Å²) in [5, 5.41) is 10.2. The van der Waals surface area contributed by atoms with E-state index in [1.165, 1.54) is 11.8 Å². The molecule has 2 aromatic carbocycles. The molecule has 1 heterocycles. The number of aryl methyl sites for hydroxylation is 3. The number of thioether (sulfide) groups is 1. The fraction of sp³-hybridized carbons (Fsp3) is 0.318. The maximum absolute atomic E-state index is 12.8. The zero-order valence-corrected chi connectivity index (χ0v) is 17.2. The van der Waals surface area contributed by atoms with E-state index >= 15 is 0 Å². The van der Waals surface area contributed by atoms with E-state index in [9.17, 15) is 14.7 Å². The van der Waals surface area contributed by atoms with Crippen LogP contribution in [0.25, 0.3) is 10.9 Å². The molecule has 0 aliphatic heterocycles. The van der Waals surface area contributed by atoms with E-state index in [0.29, 0.717) is 34.6 Å². The molecule has 0 aliphatic rings. The third-order valence-electron chi connectivity index (χ3n) is 4.84. The Hall–Kier alpha value is -2.44. The highest BCUT2D eigenvalue weighted by atomic mass is 32.2. The molecule has 0 atom stereocenters. The predicted octanol–water partition coefficient (Wildman–Crippen LogP) is 3.68. The average Bonchev–Trinajstić information content (AvgIpc) is 2.68. The molecule has 1 aromatic heterocycles. The fourth-order valence-electron chi connectivity index (χ4n) is 3.15. The number of aliphatic hydroxyl groups is 1. The van der Waals surface area contributed by atoms with Crippen molar-refractivity contribution >= 4 is 28.4 Å². The van der Waals surface area contributed by atoms with Crippen molar-refractivity contribution in [2.24, 2.45) is 0 Å². The minimum atomic E-state index is -0.142. The highest BCUT2D eigenvalue weighted by Gasteiger charge is 2.15. The van der Waals surface area contributed by atoms with Crippen LogP contribution in [0.1, 0.15) is 33.5 Å². The molecule has 0 aliphatic carbocycles. The largest absolute Gasteiger partial charge is 0.396 e. The topological polar surface area (TPSA) is 72.2 Å². The van der Waals surface area contributed by atoms with Crippen LogP contribution in [0.4, 0.5) is 0 Å². The molecular formula is C22H24N2O3S. The van der Waals surface area contributed by atoms with Gasteiger partial charge in [-0.15, -0.1) is 0 Å². The predicted molar refractivity (Wildman–Crippen MR) is 113 cm³/mol. The van der Waals surface area contributed by atoms with Gasteiger partial charge in [-0.05, 0) is 62.1 Å². The molecule has 0 saturated heterocycles. The van der Waals surface area contributed by atoms with E-state index in [0.717, 1.165) is 16.7 Å². The van der Waals surface area contributed by atoms with Crippen LogP contribution in [0.3, 0.4) is 0 Å². The van der Waals surface area contributed by atoms with Crippen molar-refractivity contribution in [1.82, 2.24) is 9.55 Å². The lowest BCUT2D eigenvalue weighted by Crippen LogP contribution is -2.24. The van der Waals surface area contributed by atoms with Crippen molar-refractivity contribution < 1.29 is 9.90 Å². The minimum Gasteiger partial charge on any atom is -0.396 e. The molecular weight excluding hydrogens is 372 g/mol. The maximum atomic E-state index is 12.8. The van der Waals surface area contributed by atoms with E-state index in [1.807, 2.05) is 39.0 Å². The Balaban J connectivity index is 1.92. The quantitative estimate of drug-likeness (QED) is 0.375. The number of aromatic nitrogens is 2. The van der Waals surface area contributed by atoms with Gasteiger partial charge in [0.15, 0.2) is 10.9 Å². The Labute approximate surface area is 168 Å². The second kappa shape index (κ2) is 8.71. The van der Waals surface area contributed by atoms with E-state index < -0.39 is 0 Å². The molecule has 3 aromatic rings. The zero-order valence-electron chi connectivity index (χ0n) is 16.4. The first-order valence-corrected chi connectivity index (χ1v) is 10.2. The number of hydrogen-bond donors (Lipinski definition) is 1. The van der Waals surface area contributed by atoms with Gasteiger partial charge in [-0.2, -0.15) is 0 Å². The van der Waals surface area contributed by atoms with Crippen LogP contribution < -0.4 is 5.56 Å². The summed E-state index contributed by atoms with van der Waals surface area (Å²) in [6.45, 7) is 6.33. The van der Waals surface area contributed by atoms with Gasteiger partial charge >= 0.3 is 0 Å². The lowest BCUT2D eigenvalue weighted by molar-refractivity contribution is 0.102. The van der Waals surface area contributed by atoms with Crippen molar-refractivity contribution in [3.8, 4) is 0 Å². The zero-order chi connectivity index (χ0) is 20.3. The lowest BCUT2D eigenvalue weighted by atomic mass is 9.99. The van der Waals surface area contributed by atoms with Gasteiger partial charge < -0.3 is 5.11 Å². The van der Waals surface area contributed by atoms with E-state index in [4.69, 9.17) is 0 Å². The number of para-hydroxylation sites is 1. The second-order valence-electron chi connectivity index (χ2n) is 6.91. The number of benzene rings is 2. The third kappa shape index (κ3) is 4.18. The first kappa shape index (κ1) is 20.3. The average molecular weight is 397 g/mol. The molecule has 28 heavy (non-hydrogen) atoms. The standard InChI is InChI=1S/C22H24N2O3S/c1-14-11-16(3)18(12-15(14)2)20(26)13-28-22-23-19-8-5-4-7-17(19)21(27)24(22)9-6-10-25/h4-5,7-8,11-12,25H,6,9-10,13H2,1-3H3. The second-order valence-corrected chi connectivity index (χ2v) is 7.85. The molecule has 146 valence electrons.